The lowest BCUT2D eigenvalue weighted by atomic mass is 9.79. The molecular weight excluding hydrogens is 665 g/mol. The second kappa shape index (κ2) is 15.1. The topological polar surface area (TPSA) is 121 Å². The molecule has 2 fully saturated rings. The van der Waals surface area contributed by atoms with E-state index in [4.69, 9.17) is 16.3 Å². The first-order chi connectivity index (χ1) is 23.2. The van der Waals surface area contributed by atoms with Crippen LogP contribution in [0.3, 0.4) is 0 Å². The number of hydrogen-bond donors (Lipinski definition) is 2. The Kier molecular flexibility index (Phi) is 11.3. The highest BCUT2D eigenvalue weighted by atomic mass is 35.5. The minimum atomic E-state index is -1.56. The number of urea groups is 1. The van der Waals surface area contributed by atoms with Crippen molar-refractivity contribution in [3.63, 3.8) is 0 Å². The van der Waals surface area contributed by atoms with Gasteiger partial charge < -0.3 is 19.5 Å². The van der Waals surface area contributed by atoms with Gasteiger partial charge in [0, 0.05) is 49.2 Å². The van der Waals surface area contributed by atoms with E-state index in [0.717, 1.165) is 24.8 Å². The second-order valence-electron chi connectivity index (χ2n) is 13.8. The van der Waals surface area contributed by atoms with Crippen molar-refractivity contribution in [1.82, 2.24) is 9.62 Å². The van der Waals surface area contributed by atoms with Crippen LogP contribution in [-0.2, 0) is 26.4 Å². The standard InChI is InChI=1S/C37H43ClFN5O4S/c1-36(2,3)49(47)42-37(18-17-24-9-10-24,26-8-6-7-25(19-26)22-40)27-11-16-31(39)32(20-27)41-34(45)33-21-30(48-5)23-44(33)35(46)43(4)29-14-12-28(38)13-15-29/h6-8,11-16,19-20,24,30,33,42H,9-10,17-18,21,23H2,1-5H3,(H,41,45)/t30-,33+,37?,49-/m1/s1. The van der Waals surface area contributed by atoms with Gasteiger partial charge in [0.15, 0.2) is 0 Å². The monoisotopic (exact) mass is 707 g/mol. The average Bonchev–Trinajstić information content (AvgIpc) is 3.82. The third-order valence-corrected chi connectivity index (χ3v) is 11.2. The molecule has 1 heterocycles. The van der Waals surface area contributed by atoms with Gasteiger partial charge in [-0.3, -0.25) is 9.69 Å². The number of amides is 3. The number of nitrogens with zero attached hydrogens (tertiary/aromatic N) is 3. The highest BCUT2D eigenvalue weighted by Crippen LogP contribution is 2.43. The van der Waals surface area contributed by atoms with Crippen molar-refractivity contribution in [2.45, 2.75) is 75.3 Å². The van der Waals surface area contributed by atoms with Gasteiger partial charge in [-0.1, -0.05) is 42.6 Å². The van der Waals surface area contributed by atoms with Gasteiger partial charge in [0.2, 0.25) is 5.91 Å². The zero-order chi connectivity index (χ0) is 35.5. The van der Waals surface area contributed by atoms with E-state index < -0.39 is 51.5 Å². The van der Waals surface area contributed by atoms with Crippen molar-refractivity contribution in [2.24, 2.45) is 5.92 Å². The Labute approximate surface area is 296 Å². The van der Waals surface area contributed by atoms with Gasteiger partial charge in [-0.2, -0.15) is 5.26 Å². The fourth-order valence-electron chi connectivity index (χ4n) is 6.12. The van der Waals surface area contributed by atoms with Crippen LogP contribution in [0.25, 0.3) is 0 Å². The largest absolute Gasteiger partial charge is 0.598 e. The molecular formula is C37H43ClFN5O4S. The molecule has 3 aromatic carbocycles. The predicted molar refractivity (Wildman–Crippen MR) is 191 cm³/mol. The Hall–Kier alpha value is -3.66. The van der Waals surface area contributed by atoms with E-state index in [0.29, 0.717) is 34.2 Å². The molecule has 0 spiro atoms. The quantitative estimate of drug-likeness (QED) is 0.205. The molecule has 12 heteroatoms. The maximum atomic E-state index is 15.6. The molecule has 1 saturated heterocycles. The first-order valence-electron chi connectivity index (χ1n) is 16.4. The lowest BCUT2D eigenvalue weighted by Gasteiger charge is -2.39. The second-order valence-corrected chi connectivity index (χ2v) is 16.2. The van der Waals surface area contributed by atoms with E-state index in [9.17, 15) is 19.4 Å². The summed E-state index contributed by atoms with van der Waals surface area (Å²) >= 11 is 4.48. The lowest BCUT2D eigenvalue weighted by molar-refractivity contribution is -0.119. The molecule has 1 saturated carbocycles. The number of nitriles is 1. The van der Waals surface area contributed by atoms with Crippen LogP contribution in [0.15, 0.2) is 66.7 Å². The molecule has 2 aliphatic rings. The van der Waals surface area contributed by atoms with Gasteiger partial charge in [-0.15, -0.1) is 4.72 Å². The number of anilines is 2. The van der Waals surface area contributed by atoms with Crippen molar-refractivity contribution in [1.29, 1.82) is 5.26 Å². The summed E-state index contributed by atoms with van der Waals surface area (Å²) in [5, 5.41) is 13.0. The first-order valence-corrected chi connectivity index (χ1v) is 17.9. The molecule has 5 rings (SSSR count). The van der Waals surface area contributed by atoms with Crippen LogP contribution in [0, 0.1) is 23.1 Å². The minimum absolute atomic E-state index is 0.0719. The number of hydrogen-bond acceptors (Lipinski definition) is 6. The summed E-state index contributed by atoms with van der Waals surface area (Å²) in [6.45, 7) is 5.79. The van der Waals surface area contributed by atoms with Crippen molar-refractivity contribution < 1.29 is 23.3 Å². The number of carbonyl (C=O) groups is 2. The number of ether oxygens (including phenoxy) is 1. The molecule has 0 radical (unpaired) electrons. The van der Waals surface area contributed by atoms with Gasteiger partial charge in [0.25, 0.3) is 0 Å². The zero-order valence-corrected chi connectivity index (χ0v) is 30.0. The van der Waals surface area contributed by atoms with Gasteiger partial charge >= 0.3 is 6.03 Å². The molecule has 0 bridgehead atoms. The highest BCUT2D eigenvalue weighted by molar-refractivity contribution is 7.90. The molecule has 1 unspecified atom stereocenters. The molecule has 0 aromatic heterocycles. The Morgan fingerprint density at radius 1 is 1.12 bits per heavy atom. The van der Waals surface area contributed by atoms with E-state index in [-0.39, 0.29) is 18.7 Å². The molecule has 4 atom stereocenters. The molecule has 3 aromatic rings. The van der Waals surface area contributed by atoms with Gasteiger partial charge in [0.05, 0.1) is 23.4 Å². The molecule has 1 aliphatic carbocycles. The summed E-state index contributed by atoms with van der Waals surface area (Å²) in [6.07, 6.45) is 3.39. The maximum absolute atomic E-state index is 15.6. The average molecular weight is 708 g/mol. The van der Waals surface area contributed by atoms with E-state index >= 15 is 4.39 Å². The molecule has 49 heavy (non-hydrogen) atoms. The number of benzene rings is 3. The SMILES string of the molecule is CO[C@@H]1C[C@@H](C(=O)Nc2cc(C(CCC3CC3)(N[S@+]([O-])C(C)(C)C)c3cccc(C#N)c3)ccc2F)N(C(=O)N(C)c2ccc(Cl)cc2)C1. The minimum Gasteiger partial charge on any atom is -0.598 e. The fraction of sp³-hybridized carbons (Fsp3) is 0.432. The van der Waals surface area contributed by atoms with Crippen LogP contribution in [0.1, 0.15) is 69.6 Å². The van der Waals surface area contributed by atoms with E-state index in [1.807, 2.05) is 26.8 Å². The van der Waals surface area contributed by atoms with Gasteiger partial charge in [-0.05, 0) is 99.2 Å². The van der Waals surface area contributed by atoms with E-state index in [1.165, 1.54) is 23.0 Å². The Morgan fingerprint density at radius 2 is 1.82 bits per heavy atom. The molecule has 1 aliphatic heterocycles. The summed E-state index contributed by atoms with van der Waals surface area (Å²) in [5.74, 6) is -0.697. The summed E-state index contributed by atoms with van der Waals surface area (Å²) in [5.41, 5.74) is 1.20. The van der Waals surface area contributed by atoms with E-state index in [2.05, 4.69) is 16.1 Å². The van der Waals surface area contributed by atoms with Crippen molar-refractivity contribution in [2.75, 3.05) is 30.9 Å². The van der Waals surface area contributed by atoms with Crippen LogP contribution in [0.5, 0.6) is 0 Å². The molecule has 3 amide bonds. The van der Waals surface area contributed by atoms with Gasteiger partial charge in [0.1, 0.15) is 22.1 Å². The number of rotatable bonds is 11. The summed E-state index contributed by atoms with van der Waals surface area (Å²) < 4.78 is 37.7. The highest BCUT2D eigenvalue weighted by Gasteiger charge is 2.45. The van der Waals surface area contributed by atoms with Crippen molar-refractivity contribution in [3.8, 4) is 6.07 Å². The Balaban J connectivity index is 1.50. The molecule has 260 valence electrons. The molecule has 9 nitrogen and oxygen atoms in total. The van der Waals surface area contributed by atoms with Crippen molar-refractivity contribution in [3.05, 3.63) is 94.3 Å². The number of likely N-dealkylation sites (tertiary alicyclic amines) is 1. The summed E-state index contributed by atoms with van der Waals surface area (Å²) in [6, 6.07) is 19.3. The van der Waals surface area contributed by atoms with Crippen molar-refractivity contribution >= 4 is 46.3 Å². The van der Waals surface area contributed by atoms with Crippen LogP contribution >= 0.6 is 11.6 Å². The smallest absolute Gasteiger partial charge is 0.324 e. The lowest BCUT2D eigenvalue weighted by Crippen LogP contribution is -2.52. The van der Waals surface area contributed by atoms with Gasteiger partial charge in [-0.25, -0.2) is 9.18 Å². The van der Waals surface area contributed by atoms with Crippen LogP contribution in [0.2, 0.25) is 5.02 Å². The summed E-state index contributed by atoms with van der Waals surface area (Å²) in [4.78, 5) is 30.5. The van der Waals surface area contributed by atoms with Crippen LogP contribution in [0.4, 0.5) is 20.6 Å². The van der Waals surface area contributed by atoms with Crippen LogP contribution < -0.4 is 14.9 Å². The van der Waals surface area contributed by atoms with E-state index in [1.54, 1.807) is 61.6 Å². The zero-order valence-electron chi connectivity index (χ0n) is 28.5. The number of nitrogens with one attached hydrogen (secondary N) is 2. The third kappa shape index (κ3) is 8.39. The molecule has 2 N–H and O–H groups in total. The van der Waals surface area contributed by atoms with Crippen LogP contribution in [-0.4, -0.2) is 59.0 Å². The fourth-order valence-corrected chi connectivity index (χ4v) is 7.20. The normalized spacial score (nSPS) is 19.5. The first kappa shape index (κ1) is 36.6. The Morgan fingerprint density at radius 3 is 2.45 bits per heavy atom. The number of carbonyl (C=O) groups excluding carboxylic acids is 2. The number of methoxy groups -OCH3 is 1. The number of halogens is 2. The summed E-state index contributed by atoms with van der Waals surface area (Å²) in [7, 11) is 3.14. The predicted octanol–water partition coefficient (Wildman–Crippen LogP) is 7.12. The Bertz CT molecular complexity index is 1710. The third-order valence-electron chi connectivity index (χ3n) is 9.29. The maximum Gasteiger partial charge on any atom is 0.324 e.